The molecule has 0 unspecified atom stereocenters. The minimum absolute atomic E-state index is 0.459. The summed E-state index contributed by atoms with van der Waals surface area (Å²) in [6.07, 6.45) is 3.25. The molecule has 3 nitrogen and oxygen atoms in total. The second-order valence-corrected chi connectivity index (χ2v) is 3.25. The Balaban J connectivity index is 2.48. The summed E-state index contributed by atoms with van der Waals surface area (Å²) >= 11 is 1.63. The molecule has 2 aromatic heterocycles. The van der Waals surface area contributed by atoms with E-state index in [-0.39, 0.29) is 0 Å². The number of nitrogen functional groups attached to an aromatic ring is 1. The lowest BCUT2D eigenvalue weighted by Gasteiger charge is -1.95. The van der Waals surface area contributed by atoms with Crippen molar-refractivity contribution < 1.29 is 0 Å². The largest absolute Gasteiger partial charge is 0.382 e. The summed E-state index contributed by atoms with van der Waals surface area (Å²) in [7, 11) is 0. The molecule has 0 aromatic carbocycles. The molecule has 0 aliphatic rings. The van der Waals surface area contributed by atoms with Gasteiger partial charge in [0.25, 0.3) is 0 Å². The van der Waals surface area contributed by atoms with Crippen LogP contribution in [0, 0.1) is 0 Å². The molecular weight excluding hydrogens is 170 g/mol. The molecular formula is C8H7N3S. The van der Waals surface area contributed by atoms with Crippen molar-refractivity contribution in [2.24, 2.45) is 0 Å². The van der Waals surface area contributed by atoms with Crippen LogP contribution < -0.4 is 5.73 Å². The summed E-state index contributed by atoms with van der Waals surface area (Å²) in [6.45, 7) is 0. The fourth-order valence-corrected chi connectivity index (χ4v) is 1.60. The molecule has 2 rings (SSSR count). The SMILES string of the molecule is Nc1cncc(-c2cccs2)n1. The van der Waals surface area contributed by atoms with E-state index in [2.05, 4.69) is 9.97 Å². The first-order chi connectivity index (χ1) is 5.86. The third-order valence-corrected chi connectivity index (χ3v) is 2.32. The molecule has 0 saturated heterocycles. The van der Waals surface area contributed by atoms with Crippen LogP contribution >= 0.6 is 11.3 Å². The van der Waals surface area contributed by atoms with Crippen molar-refractivity contribution in [1.29, 1.82) is 0 Å². The first-order valence-electron chi connectivity index (χ1n) is 3.47. The lowest BCUT2D eigenvalue weighted by atomic mass is 10.3. The van der Waals surface area contributed by atoms with Gasteiger partial charge in [0.2, 0.25) is 0 Å². The van der Waals surface area contributed by atoms with Gasteiger partial charge in [0.05, 0.1) is 17.3 Å². The Hall–Kier alpha value is -1.42. The lowest BCUT2D eigenvalue weighted by Crippen LogP contribution is -1.91. The van der Waals surface area contributed by atoms with Crippen molar-refractivity contribution in [3.63, 3.8) is 0 Å². The van der Waals surface area contributed by atoms with Gasteiger partial charge in [0.15, 0.2) is 0 Å². The van der Waals surface area contributed by atoms with Gasteiger partial charge < -0.3 is 5.73 Å². The molecule has 0 radical (unpaired) electrons. The average molecular weight is 177 g/mol. The van der Waals surface area contributed by atoms with E-state index in [0.29, 0.717) is 5.82 Å². The van der Waals surface area contributed by atoms with Crippen LogP contribution in [-0.4, -0.2) is 9.97 Å². The molecule has 60 valence electrons. The van der Waals surface area contributed by atoms with E-state index < -0.39 is 0 Å². The quantitative estimate of drug-likeness (QED) is 0.722. The van der Waals surface area contributed by atoms with E-state index in [1.165, 1.54) is 6.20 Å². The third-order valence-electron chi connectivity index (χ3n) is 1.43. The van der Waals surface area contributed by atoms with Crippen molar-refractivity contribution >= 4 is 17.2 Å². The topological polar surface area (TPSA) is 51.8 Å². The van der Waals surface area contributed by atoms with Gasteiger partial charge in [-0.2, -0.15) is 0 Å². The molecule has 4 heteroatoms. The van der Waals surface area contributed by atoms with Crippen LogP contribution in [0.3, 0.4) is 0 Å². The van der Waals surface area contributed by atoms with Crippen LogP contribution in [0.4, 0.5) is 5.82 Å². The number of aromatic nitrogens is 2. The highest BCUT2D eigenvalue weighted by molar-refractivity contribution is 7.13. The molecule has 0 atom stereocenters. The minimum atomic E-state index is 0.459. The normalized spacial score (nSPS) is 10.0. The van der Waals surface area contributed by atoms with Crippen molar-refractivity contribution in [2.45, 2.75) is 0 Å². The minimum Gasteiger partial charge on any atom is -0.382 e. The second-order valence-electron chi connectivity index (χ2n) is 2.31. The maximum Gasteiger partial charge on any atom is 0.142 e. The maximum absolute atomic E-state index is 5.50. The van der Waals surface area contributed by atoms with Crippen LogP contribution in [0.15, 0.2) is 29.9 Å². The molecule has 12 heavy (non-hydrogen) atoms. The summed E-state index contributed by atoms with van der Waals surface area (Å²) in [4.78, 5) is 9.19. The van der Waals surface area contributed by atoms with E-state index in [1.807, 2.05) is 17.5 Å². The molecule has 0 saturated carbocycles. The van der Waals surface area contributed by atoms with Crippen molar-refractivity contribution in [1.82, 2.24) is 9.97 Å². The van der Waals surface area contributed by atoms with E-state index in [1.54, 1.807) is 17.5 Å². The first kappa shape index (κ1) is 7.24. The number of anilines is 1. The van der Waals surface area contributed by atoms with Crippen molar-refractivity contribution in [3.05, 3.63) is 29.9 Å². The highest BCUT2D eigenvalue weighted by atomic mass is 32.1. The Morgan fingerprint density at radius 3 is 2.92 bits per heavy atom. The van der Waals surface area contributed by atoms with Gasteiger partial charge in [0.1, 0.15) is 11.5 Å². The highest BCUT2D eigenvalue weighted by Gasteiger charge is 1.99. The van der Waals surface area contributed by atoms with E-state index >= 15 is 0 Å². The molecule has 0 amide bonds. The maximum atomic E-state index is 5.50. The summed E-state index contributed by atoms with van der Waals surface area (Å²) < 4.78 is 0. The monoisotopic (exact) mass is 177 g/mol. The Morgan fingerprint density at radius 2 is 2.25 bits per heavy atom. The Labute approximate surface area is 73.9 Å². The number of nitrogens with two attached hydrogens (primary N) is 1. The lowest BCUT2D eigenvalue weighted by molar-refractivity contribution is 1.22. The standard InChI is InChI=1S/C8H7N3S/c9-8-5-10-4-6(11-8)7-2-1-3-12-7/h1-5H,(H2,9,11). The van der Waals surface area contributed by atoms with E-state index in [9.17, 15) is 0 Å². The Morgan fingerprint density at radius 1 is 1.33 bits per heavy atom. The molecule has 2 heterocycles. The zero-order valence-electron chi connectivity index (χ0n) is 6.27. The molecule has 2 aromatic rings. The highest BCUT2D eigenvalue weighted by Crippen LogP contribution is 2.21. The predicted molar refractivity (Wildman–Crippen MR) is 49.8 cm³/mol. The van der Waals surface area contributed by atoms with Gasteiger partial charge in [-0.05, 0) is 11.4 Å². The summed E-state index contributed by atoms with van der Waals surface area (Å²) in [5.41, 5.74) is 6.33. The van der Waals surface area contributed by atoms with Crippen LogP contribution in [-0.2, 0) is 0 Å². The fourth-order valence-electron chi connectivity index (χ4n) is 0.924. The predicted octanol–water partition coefficient (Wildman–Crippen LogP) is 1.79. The van der Waals surface area contributed by atoms with Gasteiger partial charge in [-0.3, -0.25) is 4.98 Å². The molecule has 0 aliphatic carbocycles. The number of nitrogens with zero attached hydrogens (tertiary/aromatic N) is 2. The smallest absolute Gasteiger partial charge is 0.142 e. The van der Waals surface area contributed by atoms with Gasteiger partial charge in [-0.1, -0.05) is 6.07 Å². The van der Waals surface area contributed by atoms with Gasteiger partial charge >= 0.3 is 0 Å². The van der Waals surface area contributed by atoms with Crippen LogP contribution in [0.5, 0.6) is 0 Å². The van der Waals surface area contributed by atoms with E-state index in [4.69, 9.17) is 5.73 Å². The third kappa shape index (κ3) is 1.29. The Bertz CT molecular complexity index is 370. The Kier molecular flexibility index (Phi) is 1.75. The summed E-state index contributed by atoms with van der Waals surface area (Å²) in [5.74, 6) is 0.459. The van der Waals surface area contributed by atoms with Gasteiger partial charge in [0, 0.05) is 0 Å². The van der Waals surface area contributed by atoms with Crippen molar-refractivity contribution in [3.8, 4) is 10.6 Å². The van der Waals surface area contributed by atoms with Gasteiger partial charge in [-0.25, -0.2) is 4.98 Å². The fraction of sp³-hybridized carbons (Fsp3) is 0. The molecule has 0 spiro atoms. The summed E-state index contributed by atoms with van der Waals surface area (Å²) in [6, 6.07) is 3.97. The molecule has 0 fully saturated rings. The van der Waals surface area contributed by atoms with Crippen LogP contribution in [0.1, 0.15) is 0 Å². The number of thiophene rings is 1. The average Bonchev–Trinajstić information content (AvgIpc) is 2.56. The van der Waals surface area contributed by atoms with Crippen LogP contribution in [0.2, 0.25) is 0 Å². The summed E-state index contributed by atoms with van der Waals surface area (Å²) in [5, 5.41) is 2.00. The zero-order chi connectivity index (χ0) is 8.39. The number of rotatable bonds is 1. The van der Waals surface area contributed by atoms with E-state index in [0.717, 1.165) is 10.6 Å². The number of hydrogen-bond acceptors (Lipinski definition) is 4. The van der Waals surface area contributed by atoms with Gasteiger partial charge in [-0.15, -0.1) is 11.3 Å². The molecule has 0 aliphatic heterocycles. The molecule has 0 bridgehead atoms. The molecule has 2 N–H and O–H groups in total. The first-order valence-corrected chi connectivity index (χ1v) is 4.35. The zero-order valence-corrected chi connectivity index (χ0v) is 7.08. The van der Waals surface area contributed by atoms with Crippen molar-refractivity contribution in [2.75, 3.05) is 5.73 Å². The number of hydrogen-bond donors (Lipinski definition) is 1. The van der Waals surface area contributed by atoms with Crippen LogP contribution in [0.25, 0.3) is 10.6 Å². The second kappa shape index (κ2) is 2.91.